The van der Waals surface area contributed by atoms with Crippen LogP contribution >= 0.6 is 0 Å². The molecule has 2 rings (SSSR count). The maximum absolute atomic E-state index is 12.0. The van der Waals surface area contributed by atoms with Crippen LogP contribution in [0.25, 0.3) is 0 Å². The van der Waals surface area contributed by atoms with Crippen LogP contribution in [-0.2, 0) is 11.3 Å². The van der Waals surface area contributed by atoms with E-state index in [2.05, 4.69) is 10.1 Å². The number of rotatable bonds is 6. The van der Waals surface area contributed by atoms with Gasteiger partial charge in [0, 0.05) is 20.0 Å². The third kappa shape index (κ3) is 4.16. The molecule has 0 spiro atoms. The zero-order valence-electron chi connectivity index (χ0n) is 11.3. The highest BCUT2D eigenvalue weighted by Gasteiger charge is 2.22. The van der Waals surface area contributed by atoms with Crippen molar-refractivity contribution in [1.82, 2.24) is 10.2 Å². The van der Waals surface area contributed by atoms with Crippen molar-refractivity contribution >= 4 is 5.91 Å². The Balaban J connectivity index is 1.83. The fourth-order valence-electron chi connectivity index (χ4n) is 2.03. The van der Waals surface area contributed by atoms with E-state index in [4.69, 9.17) is 0 Å². The molecular weight excluding hydrogens is 266 g/mol. The van der Waals surface area contributed by atoms with E-state index in [1.807, 2.05) is 0 Å². The zero-order valence-corrected chi connectivity index (χ0v) is 11.3. The van der Waals surface area contributed by atoms with Crippen molar-refractivity contribution in [2.45, 2.75) is 19.6 Å². The maximum Gasteiger partial charge on any atom is 0.387 e. The molecule has 1 N–H and O–H groups in total. The average Bonchev–Trinajstić information content (AvgIpc) is 2.35. The highest BCUT2D eigenvalue weighted by molar-refractivity contribution is 5.76. The number of nitrogens with zero attached hydrogens (tertiary/aromatic N) is 1. The van der Waals surface area contributed by atoms with Gasteiger partial charge in [-0.25, -0.2) is 0 Å². The summed E-state index contributed by atoms with van der Waals surface area (Å²) in [5.74, 6) is 0.662. The Morgan fingerprint density at radius 3 is 2.55 bits per heavy atom. The minimum Gasteiger partial charge on any atom is -0.435 e. The van der Waals surface area contributed by atoms with Crippen LogP contribution in [0.2, 0.25) is 0 Å². The van der Waals surface area contributed by atoms with Crippen molar-refractivity contribution < 1.29 is 18.3 Å². The van der Waals surface area contributed by atoms with Crippen LogP contribution in [0.1, 0.15) is 12.0 Å². The molecule has 0 atom stereocenters. The smallest absolute Gasteiger partial charge is 0.387 e. The second-order valence-electron chi connectivity index (χ2n) is 5.00. The summed E-state index contributed by atoms with van der Waals surface area (Å²) in [6.07, 6.45) is 0.552. The fourth-order valence-corrected chi connectivity index (χ4v) is 2.03. The summed E-state index contributed by atoms with van der Waals surface area (Å²) in [7, 11) is 1.75. The number of hydrogen-bond acceptors (Lipinski definition) is 3. The molecule has 0 saturated carbocycles. The monoisotopic (exact) mass is 284 g/mol. The molecular formula is C14H18F2N2O2. The van der Waals surface area contributed by atoms with E-state index in [-0.39, 0.29) is 11.7 Å². The van der Waals surface area contributed by atoms with Gasteiger partial charge in [0.25, 0.3) is 0 Å². The lowest BCUT2D eigenvalue weighted by Gasteiger charge is -2.28. The van der Waals surface area contributed by atoms with Gasteiger partial charge in [0.2, 0.25) is 5.91 Å². The SMILES string of the molecule is CN(Cc1ccc(OC(F)F)cc1)C(=O)CC1CNC1. The van der Waals surface area contributed by atoms with E-state index in [1.165, 1.54) is 12.1 Å². The number of hydrogen-bond donors (Lipinski definition) is 1. The van der Waals surface area contributed by atoms with Gasteiger partial charge in [-0.2, -0.15) is 8.78 Å². The summed E-state index contributed by atoms with van der Waals surface area (Å²) in [6.45, 7) is -0.548. The molecule has 110 valence electrons. The summed E-state index contributed by atoms with van der Waals surface area (Å²) >= 11 is 0. The van der Waals surface area contributed by atoms with Crippen LogP contribution in [-0.4, -0.2) is 37.6 Å². The molecule has 0 aromatic heterocycles. The third-order valence-electron chi connectivity index (χ3n) is 3.32. The van der Waals surface area contributed by atoms with Gasteiger partial charge in [-0.05, 0) is 36.7 Å². The Morgan fingerprint density at radius 1 is 1.40 bits per heavy atom. The first-order valence-electron chi connectivity index (χ1n) is 6.53. The van der Waals surface area contributed by atoms with Gasteiger partial charge in [0.1, 0.15) is 5.75 Å². The number of nitrogens with one attached hydrogen (secondary N) is 1. The molecule has 1 aliphatic rings. The number of ether oxygens (including phenoxy) is 1. The minimum atomic E-state index is -2.82. The van der Waals surface area contributed by atoms with E-state index < -0.39 is 6.61 Å². The van der Waals surface area contributed by atoms with E-state index in [9.17, 15) is 13.6 Å². The number of carbonyl (C=O) groups excluding carboxylic acids is 1. The largest absolute Gasteiger partial charge is 0.435 e. The number of carbonyl (C=O) groups is 1. The standard InChI is InChI=1S/C14H18F2N2O2/c1-18(13(19)6-11-7-17-8-11)9-10-2-4-12(5-3-10)20-14(15)16/h2-5,11,14,17H,6-9H2,1H3. The van der Waals surface area contributed by atoms with Crippen molar-refractivity contribution in [2.75, 3.05) is 20.1 Å². The molecule has 1 fully saturated rings. The van der Waals surface area contributed by atoms with Gasteiger partial charge < -0.3 is 15.0 Å². The first kappa shape index (κ1) is 14.7. The number of benzene rings is 1. The van der Waals surface area contributed by atoms with Crippen LogP contribution in [0.3, 0.4) is 0 Å². The van der Waals surface area contributed by atoms with Crippen LogP contribution in [0.15, 0.2) is 24.3 Å². The Bertz CT molecular complexity index is 447. The summed E-state index contributed by atoms with van der Waals surface area (Å²) < 4.78 is 28.3. The third-order valence-corrected chi connectivity index (χ3v) is 3.32. The summed E-state index contributed by atoms with van der Waals surface area (Å²) in [4.78, 5) is 13.6. The highest BCUT2D eigenvalue weighted by atomic mass is 19.3. The Hall–Kier alpha value is -1.69. The van der Waals surface area contributed by atoms with Crippen LogP contribution < -0.4 is 10.1 Å². The lowest BCUT2D eigenvalue weighted by Crippen LogP contribution is -2.44. The van der Waals surface area contributed by atoms with Gasteiger partial charge in [0.05, 0.1) is 0 Å². The maximum atomic E-state index is 12.0. The molecule has 0 bridgehead atoms. The normalized spacial score (nSPS) is 15.0. The summed E-state index contributed by atoms with van der Waals surface area (Å²) in [6, 6.07) is 6.34. The van der Waals surface area contributed by atoms with Crippen molar-refractivity contribution in [2.24, 2.45) is 5.92 Å². The molecule has 0 radical (unpaired) electrons. The Kier molecular flexibility index (Phi) is 4.89. The topological polar surface area (TPSA) is 41.6 Å². The fraction of sp³-hybridized carbons (Fsp3) is 0.500. The Morgan fingerprint density at radius 2 is 2.05 bits per heavy atom. The van der Waals surface area contributed by atoms with Crippen molar-refractivity contribution in [3.05, 3.63) is 29.8 Å². The molecule has 1 aromatic rings. The van der Waals surface area contributed by atoms with Crippen molar-refractivity contribution in [1.29, 1.82) is 0 Å². The van der Waals surface area contributed by atoms with E-state index in [0.717, 1.165) is 18.7 Å². The number of amides is 1. The molecule has 20 heavy (non-hydrogen) atoms. The van der Waals surface area contributed by atoms with Gasteiger partial charge in [-0.15, -0.1) is 0 Å². The lowest BCUT2D eigenvalue weighted by atomic mass is 9.99. The van der Waals surface area contributed by atoms with Gasteiger partial charge >= 0.3 is 6.61 Å². The Labute approximate surface area is 116 Å². The van der Waals surface area contributed by atoms with Crippen LogP contribution in [0, 0.1) is 5.92 Å². The highest BCUT2D eigenvalue weighted by Crippen LogP contribution is 2.16. The van der Waals surface area contributed by atoms with E-state index in [1.54, 1.807) is 24.1 Å². The first-order valence-corrected chi connectivity index (χ1v) is 6.53. The molecule has 0 unspecified atom stereocenters. The molecule has 0 aliphatic carbocycles. The molecule has 1 aliphatic heterocycles. The molecule has 1 heterocycles. The quantitative estimate of drug-likeness (QED) is 0.867. The second-order valence-corrected chi connectivity index (χ2v) is 5.00. The molecule has 1 aromatic carbocycles. The van der Waals surface area contributed by atoms with E-state index >= 15 is 0 Å². The molecule has 1 amide bonds. The van der Waals surface area contributed by atoms with E-state index in [0.29, 0.717) is 18.9 Å². The van der Waals surface area contributed by atoms with Crippen molar-refractivity contribution in [3.8, 4) is 5.75 Å². The summed E-state index contributed by atoms with van der Waals surface area (Å²) in [5, 5.41) is 3.13. The summed E-state index contributed by atoms with van der Waals surface area (Å²) in [5.41, 5.74) is 0.884. The van der Waals surface area contributed by atoms with Crippen LogP contribution in [0.4, 0.5) is 8.78 Å². The molecule has 1 saturated heterocycles. The van der Waals surface area contributed by atoms with Crippen molar-refractivity contribution in [3.63, 3.8) is 0 Å². The predicted molar refractivity (Wildman–Crippen MR) is 70.5 cm³/mol. The minimum absolute atomic E-state index is 0.101. The van der Waals surface area contributed by atoms with Gasteiger partial charge in [0.15, 0.2) is 0 Å². The average molecular weight is 284 g/mol. The van der Waals surface area contributed by atoms with Gasteiger partial charge in [-0.1, -0.05) is 12.1 Å². The number of halogens is 2. The van der Waals surface area contributed by atoms with Crippen LogP contribution in [0.5, 0.6) is 5.75 Å². The van der Waals surface area contributed by atoms with Gasteiger partial charge in [-0.3, -0.25) is 4.79 Å². The molecule has 4 nitrogen and oxygen atoms in total. The number of alkyl halides is 2. The predicted octanol–water partition coefficient (Wildman–Crippen LogP) is 1.86. The zero-order chi connectivity index (χ0) is 14.5. The molecule has 6 heteroatoms. The lowest BCUT2D eigenvalue weighted by molar-refractivity contribution is -0.131. The first-order chi connectivity index (χ1) is 9.54. The second kappa shape index (κ2) is 6.65.